The molecule has 192 valence electrons. The van der Waals surface area contributed by atoms with Crippen LogP contribution in [0.15, 0.2) is 30.7 Å². The van der Waals surface area contributed by atoms with Crippen LogP contribution in [0.2, 0.25) is 0 Å². The Balaban J connectivity index is 1.46. The fraction of sp³-hybridized carbons (Fsp3) is 0.542. The molecular formula is C24H31N7O5. The molecule has 36 heavy (non-hydrogen) atoms. The molecule has 0 aromatic carbocycles. The summed E-state index contributed by atoms with van der Waals surface area (Å²) in [4.78, 5) is 49.5. The number of aryl methyl sites for hydroxylation is 1. The van der Waals surface area contributed by atoms with Crippen LogP contribution in [-0.2, 0) is 27.9 Å². The number of nitrogens with zero attached hydrogens (tertiary/aromatic N) is 6. The van der Waals surface area contributed by atoms with E-state index in [4.69, 9.17) is 9.47 Å². The van der Waals surface area contributed by atoms with E-state index in [2.05, 4.69) is 20.3 Å². The minimum atomic E-state index is -0.410. The Morgan fingerprint density at radius 1 is 1.28 bits per heavy atom. The standard InChI is InChI=1S/C24H31N7O5/c1-28-10-16(9-26-28)11-30-12-17-8-20(30)24(34)31-7-6-29(21(32)15-35-2)13-18(31)14-36-23-19(22(33)27-17)4-3-5-25-23/h3-5,9-10,17-18,20H,6-8,11-15H2,1-2H3,(H,27,33)/t17-,18+,20+/m1/s1. The lowest BCUT2D eigenvalue weighted by atomic mass is 10.1. The molecule has 0 spiro atoms. The average molecular weight is 498 g/mol. The van der Waals surface area contributed by atoms with Gasteiger partial charge in [0.25, 0.3) is 5.91 Å². The maximum atomic E-state index is 13.9. The second-order valence-corrected chi connectivity index (χ2v) is 9.50. The van der Waals surface area contributed by atoms with Gasteiger partial charge in [-0.25, -0.2) is 4.98 Å². The van der Waals surface area contributed by atoms with Crippen molar-refractivity contribution in [2.24, 2.45) is 7.05 Å². The van der Waals surface area contributed by atoms with Crippen LogP contribution in [0.4, 0.5) is 0 Å². The van der Waals surface area contributed by atoms with Crippen molar-refractivity contribution in [3.8, 4) is 5.88 Å². The number of methoxy groups -OCH3 is 1. The first-order valence-electron chi connectivity index (χ1n) is 12.1. The molecule has 3 atom stereocenters. The monoisotopic (exact) mass is 497 g/mol. The highest BCUT2D eigenvalue weighted by Gasteiger charge is 2.43. The van der Waals surface area contributed by atoms with Gasteiger partial charge in [-0.1, -0.05) is 0 Å². The molecule has 3 aliphatic rings. The number of ether oxygens (including phenoxy) is 2. The molecule has 2 aromatic rings. The van der Waals surface area contributed by atoms with E-state index in [-0.39, 0.29) is 48.9 Å². The van der Waals surface area contributed by atoms with Crippen molar-refractivity contribution in [1.29, 1.82) is 0 Å². The Morgan fingerprint density at radius 3 is 2.92 bits per heavy atom. The van der Waals surface area contributed by atoms with Gasteiger partial charge in [0.1, 0.15) is 18.8 Å². The summed E-state index contributed by atoms with van der Waals surface area (Å²) < 4.78 is 12.8. The van der Waals surface area contributed by atoms with Crippen LogP contribution in [0.5, 0.6) is 5.88 Å². The zero-order valence-electron chi connectivity index (χ0n) is 20.5. The maximum Gasteiger partial charge on any atom is 0.257 e. The van der Waals surface area contributed by atoms with Gasteiger partial charge in [0.05, 0.1) is 18.3 Å². The van der Waals surface area contributed by atoms with Crippen LogP contribution >= 0.6 is 0 Å². The molecule has 12 heteroatoms. The SMILES string of the molecule is COCC(=O)N1CCN2C(=O)[C@@H]3C[C@H](CN3Cc3cnn(C)c3)NC(=O)c3cccnc3OC[C@@H]2C1. The zero-order chi connectivity index (χ0) is 25.2. The molecule has 0 aliphatic carbocycles. The van der Waals surface area contributed by atoms with E-state index < -0.39 is 6.04 Å². The highest BCUT2D eigenvalue weighted by molar-refractivity contribution is 5.96. The molecule has 12 nitrogen and oxygen atoms in total. The van der Waals surface area contributed by atoms with E-state index in [1.165, 1.54) is 7.11 Å². The quantitative estimate of drug-likeness (QED) is 0.587. The predicted molar refractivity (Wildman–Crippen MR) is 127 cm³/mol. The number of carbonyl (C=O) groups is 3. The molecule has 2 saturated heterocycles. The van der Waals surface area contributed by atoms with E-state index in [1.807, 2.05) is 18.1 Å². The number of fused-ring (bicyclic) bond motifs is 4. The molecule has 1 N–H and O–H groups in total. The number of hydrogen-bond acceptors (Lipinski definition) is 8. The first-order valence-corrected chi connectivity index (χ1v) is 12.1. The van der Waals surface area contributed by atoms with Crippen molar-refractivity contribution in [1.82, 2.24) is 34.8 Å². The summed E-state index contributed by atoms with van der Waals surface area (Å²) in [7, 11) is 3.34. The van der Waals surface area contributed by atoms with Crippen molar-refractivity contribution in [3.05, 3.63) is 41.9 Å². The molecule has 0 saturated carbocycles. The van der Waals surface area contributed by atoms with Gasteiger partial charge in [-0.05, 0) is 18.6 Å². The first-order chi connectivity index (χ1) is 17.4. The van der Waals surface area contributed by atoms with Crippen molar-refractivity contribution >= 4 is 17.7 Å². The third kappa shape index (κ3) is 4.91. The molecule has 5 heterocycles. The van der Waals surface area contributed by atoms with E-state index in [1.54, 1.807) is 34.1 Å². The average Bonchev–Trinajstić information content (AvgIpc) is 3.47. The van der Waals surface area contributed by atoms with E-state index in [0.29, 0.717) is 44.7 Å². The van der Waals surface area contributed by atoms with Crippen LogP contribution < -0.4 is 10.1 Å². The summed E-state index contributed by atoms with van der Waals surface area (Å²) in [5, 5.41) is 7.32. The van der Waals surface area contributed by atoms with E-state index >= 15 is 0 Å². The number of pyridine rings is 1. The lowest BCUT2D eigenvalue weighted by molar-refractivity contribution is -0.148. The van der Waals surface area contributed by atoms with Gasteiger partial charge in [-0.2, -0.15) is 5.10 Å². The molecular weight excluding hydrogens is 466 g/mol. The van der Waals surface area contributed by atoms with Crippen LogP contribution in [0.1, 0.15) is 22.3 Å². The lowest BCUT2D eigenvalue weighted by Crippen LogP contribution is -2.61. The number of rotatable bonds is 4. The molecule has 2 fully saturated rings. The molecule has 5 rings (SSSR count). The minimum absolute atomic E-state index is 0.0186. The van der Waals surface area contributed by atoms with Gasteiger partial charge in [-0.15, -0.1) is 0 Å². The van der Waals surface area contributed by atoms with Crippen molar-refractivity contribution < 1.29 is 23.9 Å². The molecule has 2 aromatic heterocycles. The molecule has 3 aliphatic heterocycles. The number of hydrogen-bond donors (Lipinski definition) is 1. The number of amides is 3. The zero-order valence-corrected chi connectivity index (χ0v) is 20.5. The topological polar surface area (TPSA) is 122 Å². The maximum absolute atomic E-state index is 13.9. The Hall–Kier alpha value is -3.51. The van der Waals surface area contributed by atoms with Crippen LogP contribution in [0, 0.1) is 0 Å². The first kappa shape index (κ1) is 24.2. The number of carbonyl (C=O) groups excluding carboxylic acids is 3. The van der Waals surface area contributed by atoms with Crippen LogP contribution in [-0.4, -0.2) is 112 Å². The molecule has 2 bridgehead atoms. The Kier molecular flexibility index (Phi) is 6.88. The number of aromatic nitrogens is 3. The van der Waals surface area contributed by atoms with Gasteiger partial charge in [0, 0.05) is 70.9 Å². The summed E-state index contributed by atoms with van der Waals surface area (Å²) in [6.45, 7) is 2.31. The summed E-state index contributed by atoms with van der Waals surface area (Å²) in [6.07, 6.45) is 5.79. The number of likely N-dealkylation sites (tertiary alicyclic amines) is 1. The molecule has 3 amide bonds. The molecule has 0 radical (unpaired) electrons. The second-order valence-electron chi connectivity index (χ2n) is 9.50. The van der Waals surface area contributed by atoms with E-state index in [0.717, 1.165) is 5.56 Å². The predicted octanol–water partition coefficient (Wildman–Crippen LogP) is -0.734. The Bertz CT molecular complexity index is 1140. The van der Waals surface area contributed by atoms with Crippen LogP contribution in [0.25, 0.3) is 0 Å². The largest absolute Gasteiger partial charge is 0.475 e. The van der Waals surface area contributed by atoms with E-state index in [9.17, 15) is 14.4 Å². The van der Waals surface area contributed by atoms with Gasteiger partial charge in [0.15, 0.2) is 0 Å². The highest BCUT2D eigenvalue weighted by atomic mass is 16.5. The number of nitrogens with one attached hydrogen (secondary N) is 1. The van der Waals surface area contributed by atoms with Gasteiger partial charge < -0.3 is 24.6 Å². The summed E-state index contributed by atoms with van der Waals surface area (Å²) >= 11 is 0. The smallest absolute Gasteiger partial charge is 0.257 e. The second kappa shape index (κ2) is 10.2. The third-order valence-corrected chi connectivity index (χ3v) is 6.98. The van der Waals surface area contributed by atoms with Crippen molar-refractivity contribution in [2.75, 3.05) is 46.5 Å². The summed E-state index contributed by atoms with van der Waals surface area (Å²) in [6, 6.07) is 2.37. The Labute approximate surface area is 209 Å². The summed E-state index contributed by atoms with van der Waals surface area (Å²) in [5.74, 6) is -0.224. The summed E-state index contributed by atoms with van der Waals surface area (Å²) in [5.41, 5.74) is 1.34. The highest BCUT2D eigenvalue weighted by Crippen LogP contribution is 2.27. The normalized spacial score (nSPS) is 24.8. The Morgan fingerprint density at radius 2 is 2.14 bits per heavy atom. The minimum Gasteiger partial charge on any atom is -0.475 e. The van der Waals surface area contributed by atoms with Gasteiger partial charge >= 0.3 is 0 Å². The molecule has 0 unspecified atom stereocenters. The van der Waals surface area contributed by atoms with Crippen molar-refractivity contribution in [2.45, 2.75) is 31.1 Å². The van der Waals surface area contributed by atoms with Gasteiger partial charge in [0.2, 0.25) is 17.7 Å². The van der Waals surface area contributed by atoms with Gasteiger partial charge in [-0.3, -0.25) is 24.0 Å². The number of piperazine rings is 1. The fourth-order valence-electron chi connectivity index (χ4n) is 5.27. The van der Waals surface area contributed by atoms with Crippen LogP contribution in [0.3, 0.4) is 0 Å². The van der Waals surface area contributed by atoms with Crippen molar-refractivity contribution in [3.63, 3.8) is 0 Å². The third-order valence-electron chi connectivity index (χ3n) is 6.98. The lowest BCUT2D eigenvalue weighted by Gasteiger charge is -2.43. The fourth-order valence-corrected chi connectivity index (χ4v) is 5.27.